The molecule has 4 heteroatoms. The maximum atomic E-state index is 13.1. The number of hydrogen-bond acceptors (Lipinski definition) is 1. The van der Waals surface area contributed by atoms with Crippen molar-refractivity contribution in [3.63, 3.8) is 0 Å². The maximum absolute atomic E-state index is 13.1. The third-order valence-electron chi connectivity index (χ3n) is 1.82. The lowest BCUT2D eigenvalue weighted by Crippen LogP contribution is -2.19. The average Bonchev–Trinajstić information content (AvgIpc) is 2.11. The second-order valence-corrected chi connectivity index (χ2v) is 3.78. The van der Waals surface area contributed by atoms with E-state index in [1.807, 2.05) is 0 Å². The predicted octanol–water partition coefficient (Wildman–Crippen LogP) is 2.97. The van der Waals surface area contributed by atoms with Gasteiger partial charge in [-0.05, 0) is 19.1 Å². The van der Waals surface area contributed by atoms with Crippen LogP contribution < -0.4 is 0 Å². The summed E-state index contributed by atoms with van der Waals surface area (Å²) >= 11 is 11.2. The normalized spacial score (nSPS) is 14.6. The zero-order valence-corrected chi connectivity index (χ0v) is 8.83. The van der Waals surface area contributed by atoms with Crippen molar-refractivity contribution in [1.29, 1.82) is 0 Å². The average molecular weight is 233 g/mol. The number of halogens is 3. The zero-order valence-electron chi connectivity index (χ0n) is 7.31. The first-order valence-electron chi connectivity index (χ1n) is 3.73. The first-order chi connectivity index (χ1) is 6.38. The van der Waals surface area contributed by atoms with E-state index in [1.54, 1.807) is 0 Å². The third-order valence-corrected chi connectivity index (χ3v) is 2.42. The van der Waals surface area contributed by atoms with Crippen molar-refractivity contribution in [2.75, 3.05) is 0 Å². The van der Waals surface area contributed by atoms with Gasteiger partial charge in [0.15, 0.2) is 0 Å². The summed E-state index contributed by atoms with van der Waals surface area (Å²) in [7, 11) is 0. The summed E-state index contributed by atoms with van der Waals surface area (Å²) in [6, 6.07) is 2.24. The molecule has 1 atom stereocenters. The Hall–Kier alpha value is -0.750. The van der Waals surface area contributed by atoms with Gasteiger partial charge in [0.05, 0.1) is 5.02 Å². The smallest absolute Gasteiger partial charge is 0.149 e. The van der Waals surface area contributed by atoms with Crippen molar-refractivity contribution in [2.45, 2.75) is 12.5 Å². The van der Waals surface area contributed by atoms with Crippen molar-refractivity contribution in [1.82, 2.24) is 0 Å². The second-order valence-electron chi connectivity index (χ2n) is 2.96. The minimum atomic E-state index is -1.59. The predicted molar refractivity (Wildman–Crippen MR) is 54.8 cm³/mol. The molecule has 1 unspecified atom stereocenters. The van der Waals surface area contributed by atoms with Crippen LogP contribution in [0.2, 0.25) is 10.0 Å². The molecule has 0 aliphatic carbocycles. The second kappa shape index (κ2) is 3.78. The number of terminal acetylenes is 1. The minimum Gasteiger partial charge on any atom is -0.374 e. The highest BCUT2D eigenvalue weighted by atomic mass is 35.5. The van der Waals surface area contributed by atoms with E-state index in [2.05, 4.69) is 5.92 Å². The topological polar surface area (TPSA) is 20.2 Å². The van der Waals surface area contributed by atoms with Crippen molar-refractivity contribution >= 4 is 23.2 Å². The molecule has 1 aromatic rings. The van der Waals surface area contributed by atoms with Crippen LogP contribution in [-0.2, 0) is 5.60 Å². The van der Waals surface area contributed by atoms with Crippen LogP contribution in [0.4, 0.5) is 4.39 Å². The Morgan fingerprint density at radius 3 is 2.50 bits per heavy atom. The van der Waals surface area contributed by atoms with Gasteiger partial charge in [0.2, 0.25) is 0 Å². The number of benzene rings is 1. The molecule has 1 nitrogen and oxygen atoms in total. The summed E-state index contributed by atoms with van der Waals surface area (Å²) < 4.78 is 13.1. The molecule has 0 saturated carbocycles. The molecule has 0 aliphatic heterocycles. The van der Waals surface area contributed by atoms with Crippen LogP contribution in [0, 0.1) is 18.2 Å². The van der Waals surface area contributed by atoms with Gasteiger partial charge >= 0.3 is 0 Å². The lowest BCUT2D eigenvalue weighted by atomic mass is 9.97. The molecule has 0 saturated heterocycles. The van der Waals surface area contributed by atoms with Gasteiger partial charge < -0.3 is 5.11 Å². The molecule has 1 N–H and O–H groups in total. The van der Waals surface area contributed by atoms with Crippen LogP contribution in [0.3, 0.4) is 0 Å². The Kier molecular flexibility index (Phi) is 3.06. The van der Waals surface area contributed by atoms with Gasteiger partial charge in [-0.1, -0.05) is 29.1 Å². The molecule has 0 amide bonds. The van der Waals surface area contributed by atoms with Gasteiger partial charge in [-0.15, -0.1) is 6.42 Å². The van der Waals surface area contributed by atoms with Gasteiger partial charge in [-0.25, -0.2) is 4.39 Å². The van der Waals surface area contributed by atoms with E-state index in [0.717, 1.165) is 6.07 Å². The standard InChI is InChI=1S/C10H7Cl2FO/c1-3-10(2,14)6-4-9(13)8(12)5-7(6)11/h1,4-5,14H,2H3. The Morgan fingerprint density at radius 1 is 1.43 bits per heavy atom. The Labute approximate surface area is 91.5 Å². The molecule has 0 aromatic heterocycles. The highest BCUT2D eigenvalue weighted by Gasteiger charge is 2.24. The molecular formula is C10H7Cl2FO. The Balaban J connectivity index is 3.38. The van der Waals surface area contributed by atoms with E-state index in [0.29, 0.717) is 0 Å². The number of aliphatic hydroxyl groups is 1. The highest BCUT2D eigenvalue weighted by Crippen LogP contribution is 2.31. The van der Waals surface area contributed by atoms with Crippen LogP contribution in [-0.4, -0.2) is 5.11 Å². The molecule has 1 rings (SSSR count). The molecule has 14 heavy (non-hydrogen) atoms. The van der Waals surface area contributed by atoms with Crippen molar-refractivity contribution < 1.29 is 9.50 Å². The van der Waals surface area contributed by atoms with Crippen molar-refractivity contribution in [3.05, 3.63) is 33.6 Å². The Morgan fingerprint density at radius 2 is 2.00 bits per heavy atom. The lowest BCUT2D eigenvalue weighted by Gasteiger charge is -2.18. The molecular weight excluding hydrogens is 226 g/mol. The maximum Gasteiger partial charge on any atom is 0.149 e. The van der Waals surface area contributed by atoms with Gasteiger partial charge in [-0.2, -0.15) is 0 Å². The first-order valence-corrected chi connectivity index (χ1v) is 4.49. The van der Waals surface area contributed by atoms with E-state index in [9.17, 15) is 9.50 Å². The molecule has 0 aliphatic rings. The van der Waals surface area contributed by atoms with E-state index < -0.39 is 11.4 Å². The highest BCUT2D eigenvalue weighted by molar-refractivity contribution is 6.35. The summed E-state index contributed by atoms with van der Waals surface area (Å²) in [6.07, 6.45) is 5.08. The number of rotatable bonds is 1. The van der Waals surface area contributed by atoms with Crippen molar-refractivity contribution in [3.8, 4) is 12.3 Å². The monoisotopic (exact) mass is 232 g/mol. The van der Waals surface area contributed by atoms with Crippen LogP contribution >= 0.6 is 23.2 Å². The summed E-state index contributed by atoms with van der Waals surface area (Å²) in [5.41, 5.74) is -1.47. The third kappa shape index (κ3) is 2.01. The van der Waals surface area contributed by atoms with E-state index in [4.69, 9.17) is 29.6 Å². The molecule has 0 spiro atoms. The minimum absolute atomic E-state index is 0.105. The molecule has 74 valence electrons. The molecule has 0 radical (unpaired) electrons. The zero-order chi connectivity index (χ0) is 10.9. The van der Waals surface area contributed by atoms with E-state index >= 15 is 0 Å². The SMILES string of the molecule is C#CC(C)(O)c1cc(F)c(Cl)cc1Cl. The van der Waals surface area contributed by atoms with Crippen LogP contribution in [0.1, 0.15) is 12.5 Å². The quantitative estimate of drug-likeness (QED) is 0.584. The largest absolute Gasteiger partial charge is 0.374 e. The van der Waals surface area contributed by atoms with Crippen LogP contribution in [0.5, 0.6) is 0 Å². The summed E-state index contributed by atoms with van der Waals surface area (Å²) in [6.45, 7) is 1.35. The number of hydrogen-bond donors (Lipinski definition) is 1. The van der Waals surface area contributed by atoms with Crippen LogP contribution in [0.15, 0.2) is 12.1 Å². The lowest BCUT2D eigenvalue weighted by molar-refractivity contribution is 0.122. The fourth-order valence-corrected chi connectivity index (χ4v) is 1.54. The summed E-state index contributed by atoms with van der Waals surface area (Å²) in [5, 5.41) is 9.69. The Bertz CT molecular complexity index is 407. The van der Waals surface area contributed by atoms with E-state index in [1.165, 1.54) is 13.0 Å². The summed E-state index contributed by atoms with van der Waals surface area (Å²) in [4.78, 5) is 0. The molecule has 1 aromatic carbocycles. The van der Waals surface area contributed by atoms with Gasteiger partial charge in [0.25, 0.3) is 0 Å². The fraction of sp³-hybridized carbons (Fsp3) is 0.200. The van der Waals surface area contributed by atoms with Crippen molar-refractivity contribution in [2.24, 2.45) is 0 Å². The molecule has 0 fully saturated rings. The first kappa shape index (κ1) is 11.3. The van der Waals surface area contributed by atoms with Gasteiger partial charge in [0.1, 0.15) is 11.4 Å². The molecule has 0 heterocycles. The molecule has 0 bridgehead atoms. The summed E-state index contributed by atoms with van der Waals surface area (Å²) in [5.74, 6) is 1.44. The van der Waals surface area contributed by atoms with Gasteiger partial charge in [0, 0.05) is 10.6 Å². The van der Waals surface area contributed by atoms with Gasteiger partial charge in [-0.3, -0.25) is 0 Å². The fourth-order valence-electron chi connectivity index (χ4n) is 0.973. The van der Waals surface area contributed by atoms with E-state index in [-0.39, 0.29) is 15.6 Å². The van der Waals surface area contributed by atoms with Crippen LogP contribution in [0.25, 0.3) is 0 Å².